The normalized spacial score (nSPS) is 10.3. The van der Waals surface area contributed by atoms with Crippen molar-refractivity contribution in [2.45, 2.75) is 6.92 Å². The molecule has 0 bridgehead atoms. The molecule has 7 nitrogen and oxygen atoms in total. The summed E-state index contributed by atoms with van der Waals surface area (Å²) in [6.07, 6.45) is 1.25. The van der Waals surface area contributed by atoms with Crippen molar-refractivity contribution in [3.8, 4) is 0 Å². The second-order valence-electron chi connectivity index (χ2n) is 3.54. The predicted octanol–water partition coefficient (Wildman–Crippen LogP) is 1.02. The molecule has 0 saturated heterocycles. The van der Waals surface area contributed by atoms with Gasteiger partial charge < -0.3 is 20.4 Å². The van der Waals surface area contributed by atoms with Crippen LogP contribution in [0.4, 0.5) is 5.00 Å². The lowest BCUT2D eigenvalue weighted by Crippen LogP contribution is -2.13. The minimum absolute atomic E-state index is 0.0860. The van der Waals surface area contributed by atoms with Gasteiger partial charge in [0.15, 0.2) is 0 Å². The number of aromatic nitrogens is 2. The van der Waals surface area contributed by atoms with Gasteiger partial charge in [-0.3, -0.25) is 4.79 Å². The van der Waals surface area contributed by atoms with Crippen molar-refractivity contribution in [3.05, 3.63) is 38.9 Å². The van der Waals surface area contributed by atoms with Crippen molar-refractivity contribution in [1.29, 1.82) is 0 Å². The van der Waals surface area contributed by atoms with Gasteiger partial charge in [-0.2, -0.15) is 0 Å². The molecular weight excluding hydrogens is 258 g/mol. The molecule has 8 heteroatoms. The molecule has 0 radical (unpaired) electrons. The lowest BCUT2D eigenvalue weighted by atomic mass is 10.3. The molecule has 0 aliphatic heterocycles. The summed E-state index contributed by atoms with van der Waals surface area (Å²) in [4.78, 5) is 38.1. The number of imidazole rings is 1. The number of aromatic amines is 2. The number of thiophene rings is 1. The fraction of sp³-hybridized carbons (Fsp3) is 0.100. The van der Waals surface area contributed by atoms with E-state index in [1.807, 2.05) is 0 Å². The van der Waals surface area contributed by atoms with Crippen LogP contribution < -0.4 is 11.0 Å². The number of amides is 1. The molecule has 94 valence electrons. The number of H-pyrrole nitrogens is 2. The fourth-order valence-electron chi connectivity index (χ4n) is 1.39. The highest BCUT2D eigenvalue weighted by atomic mass is 32.1. The Balaban J connectivity index is 2.19. The molecule has 2 rings (SSSR count). The molecule has 2 aromatic heterocycles. The zero-order chi connectivity index (χ0) is 13.3. The Kier molecular flexibility index (Phi) is 3.02. The Morgan fingerprint density at radius 3 is 2.67 bits per heavy atom. The highest BCUT2D eigenvalue weighted by Gasteiger charge is 2.15. The third-order valence-corrected chi connectivity index (χ3v) is 3.33. The average molecular weight is 267 g/mol. The van der Waals surface area contributed by atoms with Gasteiger partial charge in [-0.25, -0.2) is 9.59 Å². The van der Waals surface area contributed by atoms with E-state index in [0.29, 0.717) is 10.6 Å². The van der Waals surface area contributed by atoms with E-state index >= 15 is 0 Å². The lowest BCUT2D eigenvalue weighted by Gasteiger charge is -1.98. The first kappa shape index (κ1) is 12.1. The summed E-state index contributed by atoms with van der Waals surface area (Å²) in [6, 6.07) is 1.57. The summed E-state index contributed by atoms with van der Waals surface area (Å²) in [5.74, 6) is -1.54. The van der Waals surface area contributed by atoms with E-state index in [2.05, 4.69) is 15.3 Å². The van der Waals surface area contributed by atoms with Crippen LogP contribution in [-0.4, -0.2) is 27.0 Å². The van der Waals surface area contributed by atoms with E-state index in [1.165, 1.54) is 6.20 Å². The molecule has 0 spiro atoms. The topological polar surface area (TPSA) is 115 Å². The zero-order valence-corrected chi connectivity index (χ0v) is 10.1. The second kappa shape index (κ2) is 4.49. The van der Waals surface area contributed by atoms with Crippen LogP contribution in [0.3, 0.4) is 0 Å². The van der Waals surface area contributed by atoms with Crippen LogP contribution in [-0.2, 0) is 0 Å². The van der Waals surface area contributed by atoms with Gasteiger partial charge in [-0.05, 0) is 18.6 Å². The Morgan fingerprint density at radius 1 is 1.44 bits per heavy atom. The summed E-state index contributed by atoms with van der Waals surface area (Å²) in [5.41, 5.74) is 0.182. The third-order valence-electron chi connectivity index (χ3n) is 2.19. The molecule has 0 fully saturated rings. The van der Waals surface area contributed by atoms with Crippen LogP contribution >= 0.6 is 11.3 Å². The van der Waals surface area contributed by atoms with Gasteiger partial charge in [0.1, 0.15) is 10.6 Å². The number of rotatable bonds is 3. The number of carboxylic acids is 1. The van der Waals surface area contributed by atoms with Gasteiger partial charge in [0.2, 0.25) is 0 Å². The molecule has 0 aliphatic carbocycles. The number of carboxylic acid groups (broad SMARTS) is 1. The highest BCUT2D eigenvalue weighted by molar-refractivity contribution is 7.18. The minimum Gasteiger partial charge on any atom is -0.477 e. The standard InChI is InChI=1S/C10H9N3O4S/c1-4-2-6(18-7(4)9(15)16)13-8(14)5-3-11-10(17)12-5/h2-3H,1H3,(H,13,14)(H,15,16)(H2,11,12,17). The molecule has 0 aromatic carbocycles. The number of nitrogens with one attached hydrogen (secondary N) is 3. The predicted molar refractivity (Wildman–Crippen MR) is 65.4 cm³/mol. The van der Waals surface area contributed by atoms with Crippen molar-refractivity contribution >= 4 is 28.2 Å². The van der Waals surface area contributed by atoms with E-state index in [0.717, 1.165) is 11.3 Å². The maximum absolute atomic E-state index is 11.7. The van der Waals surface area contributed by atoms with Gasteiger partial charge in [0.05, 0.1) is 5.00 Å². The Hall–Kier alpha value is -2.35. The van der Waals surface area contributed by atoms with Gasteiger partial charge in [-0.1, -0.05) is 0 Å². The molecule has 4 N–H and O–H groups in total. The highest BCUT2D eigenvalue weighted by Crippen LogP contribution is 2.26. The van der Waals surface area contributed by atoms with E-state index < -0.39 is 17.6 Å². The van der Waals surface area contributed by atoms with Crippen LogP contribution in [0.2, 0.25) is 0 Å². The first-order valence-electron chi connectivity index (χ1n) is 4.90. The number of aromatic carboxylic acids is 1. The Morgan fingerprint density at radius 2 is 2.17 bits per heavy atom. The lowest BCUT2D eigenvalue weighted by molar-refractivity contribution is 0.0701. The maximum atomic E-state index is 11.7. The first-order chi connectivity index (χ1) is 8.47. The number of carbonyl (C=O) groups excluding carboxylic acids is 1. The third kappa shape index (κ3) is 2.33. The molecule has 18 heavy (non-hydrogen) atoms. The van der Waals surface area contributed by atoms with Crippen LogP contribution in [0.1, 0.15) is 25.7 Å². The van der Waals surface area contributed by atoms with Crippen molar-refractivity contribution in [3.63, 3.8) is 0 Å². The molecule has 0 saturated carbocycles. The number of hydrogen-bond donors (Lipinski definition) is 4. The second-order valence-corrected chi connectivity index (χ2v) is 4.59. The van der Waals surface area contributed by atoms with Gasteiger partial charge in [-0.15, -0.1) is 11.3 Å². The zero-order valence-electron chi connectivity index (χ0n) is 9.23. The number of carbonyl (C=O) groups is 2. The van der Waals surface area contributed by atoms with E-state index in [4.69, 9.17) is 5.11 Å². The quantitative estimate of drug-likeness (QED) is 0.664. The molecular formula is C10H9N3O4S. The van der Waals surface area contributed by atoms with Gasteiger partial charge in [0, 0.05) is 6.20 Å². The number of aryl methyl sites for hydroxylation is 1. The molecule has 2 heterocycles. The van der Waals surface area contributed by atoms with Gasteiger partial charge >= 0.3 is 11.7 Å². The van der Waals surface area contributed by atoms with Crippen LogP contribution in [0, 0.1) is 6.92 Å². The van der Waals surface area contributed by atoms with Gasteiger partial charge in [0.25, 0.3) is 5.91 Å². The van der Waals surface area contributed by atoms with E-state index in [-0.39, 0.29) is 10.6 Å². The smallest absolute Gasteiger partial charge is 0.346 e. The largest absolute Gasteiger partial charge is 0.477 e. The van der Waals surface area contributed by atoms with Crippen molar-refractivity contribution in [1.82, 2.24) is 9.97 Å². The molecule has 2 aromatic rings. The SMILES string of the molecule is Cc1cc(NC(=O)c2c[nH]c(=O)[nH]2)sc1C(=O)O. The minimum atomic E-state index is -1.03. The molecule has 0 unspecified atom stereocenters. The Labute approximate surface area is 104 Å². The monoisotopic (exact) mass is 267 g/mol. The van der Waals surface area contributed by atoms with Crippen LogP contribution in [0.5, 0.6) is 0 Å². The Bertz CT molecular complexity index is 667. The average Bonchev–Trinajstić information content (AvgIpc) is 2.85. The molecule has 0 atom stereocenters. The van der Waals surface area contributed by atoms with Crippen LogP contribution in [0.15, 0.2) is 17.1 Å². The van der Waals surface area contributed by atoms with E-state index in [1.54, 1.807) is 13.0 Å². The maximum Gasteiger partial charge on any atom is 0.346 e. The molecule has 0 aliphatic rings. The number of hydrogen-bond acceptors (Lipinski definition) is 4. The van der Waals surface area contributed by atoms with Crippen molar-refractivity contribution in [2.75, 3.05) is 5.32 Å². The fourth-order valence-corrected chi connectivity index (χ4v) is 2.30. The summed E-state index contributed by atoms with van der Waals surface area (Å²) >= 11 is 0.964. The van der Waals surface area contributed by atoms with Crippen molar-refractivity contribution in [2.24, 2.45) is 0 Å². The number of anilines is 1. The van der Waals surface area contributed by atoms with E-state index in [9.17, 15) is 14.4 Å². The summed E-state index contributed by atoms with van der Waals surface area (Å²) < 4.78 is 0. The summed E-state index contributed by atoms with van der Waals surface area (Å²) in [7, 11) is 0. The first-order valence-corrected chi connectivity index (χ1v) is 5.72. The summed E-state index contributed by atoms with van der Waals surface area (Å²) in [5, 5.41) is 11.8. The summed E-state index contributed by atoms with van der Waals surface area (Å²) in [6.45, 7) is 1.65. The van der Waals surface area contributed by atoms with Crippen molar-refractivity contribution < 1.29 is 14.7 Å². The van der Waals surface area contributed by atoms with Crippen LogP contribution in [0.25, 0.3) is 0 Å². The molecule has 1 amide bonds.